The van der Waals surface area contributed by atoms with Gasteiger partial charge in [0.05, 0.1) is 12.8 Å². The Morgan fingerprint density at radius 1 is 1.26 bits per heavy atom. The van der Waals surface area contributed by atoms with Gasteiger partial charge < -0.3 is 15.4 Å². The molecule has 0 aliphatic rings. The number of anilines is 2. The quantitative estimate of drug-likeness (QED) is 0.616. The lowest BCUT2D eigenvalue weighted by Gasteiger charge is -2.09. The van der Waals surface area contributed by atoms with Crippen molar-refractivity contribution in [3.05, 3.63) is 64.8 Å². The molecule has 0 bridgehead atoms. The van der Waals surface area contributed by atoms with Gasteiger partial charge in [-0.2, -0.15) is 5.26 Å². The highest BCUT2D eigenvalue weighted by molar-refractivity contribution is 9.10. The van der Waals surface area contributed by atoms with E-state index >= 15 is 0 Å². The zero-order valence-electron chi connectivity index (χ0n) is 12.3. The second-order valence-electron chi connectivity index (χ2n) is 4.48. The van der Waals surface area contributed by atoms with Gasteiger partial charge in [-0.25, -0.2) is 0 Å². The Labute approximate surface area is 142 Å². The van der Waals surface area contributed by atoms with Gasteiger partial charge in [-0.05, 0) is 30.3 Å². The van der Waals surface area contributed by atoms with E-state index in [1.165, 1.54) is 13.3 Å². The van der Waals surface area contributed by atoms with E-state index < -0.39 is 5.91 Å². The maximum Gasteiger partial charge on any atom is 0.267 e. The van der Waals surface area contributed by atoms with Crippen molar-refractivity contribution in [2.24, 2.45) is 0 Å². The lowest BCUT2D eigenvalue weighted by atomic mass is 10.2. The van der Waals surface area contributed by atoms with Crippen LogP contribution in [0.3, 0.4) is 0 Å². The number of amides is 1. The Kier molecular flexibility index (Phi) is 5.78. The van der Waals surface area contributed by atoms with Crippen LogP contribution in [0, 0.1) is 11.3 Å². The molecular formula is C17H14BrN3O2. The van der Waals surface area contributed by atoms with E-state index in [4.69, 9.17) is 4.74 Å². The van der Waals surface area contributed by atoms with E-state index in [2.05, 4.69) is 26.6 Å². The Bertz CT molecular complexity index is 781. The lowest BCUT2D eigenvalue weighted by Crippen LogP contribution is -2.15. The topological polar surface area (TPSA) is 74.1 Å². The van der Waals surface area contributed by atoms with E-state index in [1.54, 1.807) is 24.3 Å². The first kappa shape index (κ1) is 16.6. The predicted molar refractivity (Wildman–Crippen MR) is 93.1 cm³/mol. The van der Waals surface area contributed by atoms with E-state index in [0.717, 1.165) is 10.2 Å². The van der Waals surface area contributed by atoms with Gasteiger partial charge in [0.2, 0.25) is 0 Å². The largest absolute Gasteiger partial charge is 0.495 e. The SMILES string of the molecule is COc1ccccc1NC(=O)/C(C#N)=C\Nc1cccc(Br)c1. The third kappa shape index (κ3) is 4.59. The van der Waals surface area contributed by atoms with Crippen LogP contribution in [0.15, 0.2) is 64.8 Å². The molecule has 0 aliphatic heterocycles. The molecule has 0 radical (unpaired) electrons. The molecule has 0 atom stereocenters. The van der Waals surface area contributed by atoms with Crippen molar-refractivity contribution < 1.29 is 9.53 Å². The molecule has 0 saturated heterocycles. The fraction of sp³-hybridized carbons (Fsp3) is 0.0588. The number of ether oxygens (including phenoxy) is 1. The molecule has 2 aromatic carbocycles. The van der Waals surface area contributed by atoms with Crippen LogP contribution in [0.4, 0.5) is 11.4 Å². The highest BCUT2D eigenvalue weighted by Gasteiger charge is 2.11. The van der Waals surface area contributed by atoms with Crippen molar-refractivity contribution in [1.82, 2.24) is 0 Å². The summed E-state index contributed by atoms with van der Waals surface area (Å²) >= 11 is 3.36. The van der Waals surface area contributed by atoms with Gasteiger partial charge in [0.1, 0.15) is 17.4 Å². The van der Waals surface area contributed by atoms with Crippen LogP contribution >= 0.6 is 15.9 Å². The van der Waals surface area contributed by atoms with Crippen LogP contribution < -0.4 is 15.4 Å². The molecule has 6 heteroatoms. The molecule has 1 amide bonds. The van der Waals surface area contributed by atoms with Crippen LogP contribution in [0.2, 0.25) is 0 Å². The number of rotatable bonds is 5. The van der Waals surface area contributed by atoms with E-state index in [0.29, 0.717) is 11.4 Å². The number of carbonyl (C=O) groups is 1. The number of nitrogens with one attached hydrogen (secondary N) is 2. The van der Waals surface area contributed by atoms with Crippen molar-refractivity contribution in [1.29, 1.82) is 5.26 Å². The van der Waals surface area contributed by atoms with Gasteiger partial charge in [0, 0.05) is 16.4 Å². The van der Waals surface area contributed by atoms with Gasteiger partial charge >= 0.3 is 0 Å². The summed E-state index contributed by atoms with van der Waals surface area (Å²) < 4.78 is 6.06. The number of halogens is 1. The van der Waals surface area contributed by atoms with Crippen LogP contribution in [-0.4, -0.2) is 13.0 Å². The second-order valence-corrected chi connectivity index (χ2v) is 5.39. The molecule has 116 valence electrons. The number of benzene rings is 2. The van der Waals surface area contributed by atoms with Crippen LogP contribution in [0.5, 0.6) is 5.75 Å². The highest BCUT2D eigenvalue weighted by atomic mass is 79.9. The zero-order chi connectivity index (χ0) is 16.7. The van der Waals surface area contributed by atoms with Gasteiger partial charge in [-0.15, -0.1) is 0 Å². The number of carbonyl (C=O) groups excluding carboxylic acids is 1. The smallest absolute Gasteiger partial charge is 0.267 e. The average Bonchev–Trinajstić information content (AvgIpc) is 2.56. The summed E-state index contributed by atoms with van der Waals surface area (Å²) in [6.07, 6.45) is 1.37. The molecule has 0 spiro atoms. The molecule has 0 unspecified atom stereocenters. The third-order valence-corrected chi connectivity index (χ3v) is 3.42. The molecule has 0 saturated carbocycles. The first-order valence-corrected chi connectivity index (χ1v) is 7.50. The van der Waals surface area contributed by atoms with Crippen LogP contribution in [0.1, 0.15) is 0 Å². The summed E-state index contributed by atoms with van der Waals surface area (Å²) in [4.78, 5) is 12.2. The predicted octanol–water partition coefficient (Wildman–Crippen LogP) is 3.92. The molecule has 2 rings (SSSR count). The normalized spacial score (nSPS) is 10.6. The summed E-state index contributed by atoms with van der Waals surface area (Å²) in [6, 6.07) is 16.3. The van der Waals surface area contributed by atoms with Crippen molar-refractivity contribution in [2.45, 2.75) is 0 Å². The molecule has 0 aliphatic carbocycles. The zero-order valence-corrected chi connectivity index (χ0v) is 13.9. The maximum atomic E-state index is 12.2. The fourth-order valence-corrected chi connectivity index (χ4v) is 2.22. The number of hydrogen-bond donors (Lipinski definition) is 2. The Morgan fingerprint density at radius 3 is 2.74 bits per heavy atom. The summed E-state index contributed by atoms with van der Waals surface area (Å²) in [5.74, 6) is 0.0117. The molecule has 2 aromatic rings. The molecule has 0 aromatic heterocycles. The molecular weight excluding hydrogens is 358 g/mol. The highest BCUT2D eigenvalue weighted by Crippen LogP contribution is 2.23. The Hall–Kier alpha value is -2.78. The summed E-state index contributed by atoms with van der Waals surface area (Å²) in [7, 11) is 1.51. The van der Waals surface area contributed by atoms with E-state index in [1.807, 2.05) is 30.3 Å². The van der Waals surface area contributed by atoms with Gasteiger partial charge in [0.15, 0.2) is 0 Å². The van der Waals surface area contributed by atoms with Crippen molar-refractivity contribution in [2.75, 3.05) is 17.7 Å². The van der Waals surface area contributed by atoms with Crippen molar-refractivity contribution in [3.8, 4) is 11.8 Å². The summed E-state index contributed by atoms with van der Waals surface area (Å²) in [6.45, 7) is 0. The van der Waals surface area contributed by atoms with Crippen LogP contribution in [-0.2, 0) is 4.79 Å². The Balaban J connectivity index is 2.12. The minimum atomic E-state index is -0.514. The number of methoxy groups -OCH3 is 1. The number of nitriles is 1. The first-order valence-electron chi connectivity index (χ1n) is 6.71. The average molecular weight is 372 g/mol. The summed E-state index contributed by atoms with van der Waals surface area (Å²) in [5.41, 5.74) is 1.22. The number of para-hydroxylation sites is 2. The second kappa shape index (κ2) is 8.01. The molecule has 2 N–H and O–H groups in total. The first-order chi connectivity index (χ1) is 11.1. The fourth-order valence-electron chi connectivity index (χ4n) is 1.82. The van der Waals surface area contributed by atoms with Gasteiger partial charge in [0.25, 0.3) is 5.91 Å². The van der Waals surface area contributed by atoms with Crippen molar-refractivity contribution in [3.63, 3.8) is 0 Å². The van der Waals surface area contributed by atoms with Gasteiger partial charge in [-0.1, -0.05) is 34.1 Å². The third-order valence-electron chi connectivity index (χ3n) is 2.93. The minimum absolute atomic E-state index is 0.0455. The molecule has 5 nitrogen and oxygen atoms in total. The number of nitrogens with zero attached hydrogens (tertiary/aromatic N) is 1. The van der Waals surface area contributed by atoms with E-state index in [-0.39, 0.29) is 5.57 Å². The number of hydrogen-bond acceptors (Lipinski definition) is 4. The van der Waals surface area contributed by atoms with Gasteiger partial charge in [-0.3, -0.25) is 4.79 Å². The minimum Gasteiger partial charge on any atom is -0.495 e. The molecule has 0 heterocycles. The Morgan fingerprint density at radius 2 is 2.04 bits per heavy atom. The van der Waals surface area contributed by atoms with Crippen molar-refractivity contribution >= 4 is 33.2 Å². The molecule has 23 heavy (non-hydrogen) atoms. The monoisotopic (exact) mass is 371 g/mol. The lowest BCUT2D eigenvalue weighted by molar-refractivity contribution is -0.112. The maximum absolute atomic E-state index is 12.2. The van der Waals surface area contributed by atoms with Crippen LogP contribution in [0.25, 0.3) is 0 Å². The van der Waals surface area contributed by atoms with E-state index in [9.17, 15) is 10.1 Å². The molecule has 0 fully saturated rings. The summed E-state index contributed by atoms with van der Waals surface area (Å²) in [5, 5.41) is 14.8. The standard InChI is InChI=1S/C17H14BrN3O2/c1-23-16-8-3-2-7-15(16)21-17(22)12(10-19)11-20-14-6-4-5-13(18)9-14/h2-9,11,20H,1H3,(H,21,22)/b12-11-.